The maximum atomic E-state index is 11.0. The van der Waals surface area contributed by atoms with Gasteiger partial charge in [0.05, 0.1) is 5.92 Å². The molecule has 114 valence electrons. The number of allylic oxidation sites excluding steroid dienone is 1. The highest BCUT2D eigenvalue weighted by Gasteiger charge is 2.32. The number of carbonyl (C=O) groups is 1. The van der Waals surface area contributed by atoms with Gasteiger partial charge in [-0.1, -0.05) is 25.3 Å². The number of hydrogen-bond donors (Lipinski definition) is 1. The van der Waals surface area contributed by atoms with Crippen LogP contribution in [0.15, 0.2) is 12.7 Å². The quantitative estimate of drug-likeness (QED) is 0.546. The van der Waals surface area contributed by atoms with Crippen molar-refractivity contribution in [3.63, 3.8) is 0 Å². The molecule has 0 radical (unpaired) electrons. The highest BCUT2D eigenvalue weighted by atomic mass is 16.4. The van der Waals surface area contributed by atoms with E-state index < -0.39 is 5.97 Å². The van der Waals surface area contributed by atoms with Crippen LogP contribution < -0.4 is 0 Å². The van der Waals surface area contributed by atoms with E-state index in [1.807, 2.05) is 6.08 Å². The van der Waals surface area contributed by atoms with Gasteiger partial charge in [0, 0.05) is 0 Å². The van der Waals surface area contributed by atoms with E-state index in [-0.39, 0.29) is 5.92 Å². The van der Waals surface area contributed by atoms with Gasteiger partial charge in [0.15, 0.2) is 0 Å². The Bertz CT molecular complexity index is 307. The summed E-state index contributed by atoms with van der Waals surface area (Å²) in [6.07, 6.45) is 15.6. The lowest BCUT2D eigenvalue weighted by molar-refractivity contribution is -0.143. The number of carboxylic acid groups (broad SMARTS) is 1. The minimum Gasteiger partial charge on any atom is -0.481 e. The summed E-state index contributed by atoms with van der Waals surface area (Å²) in [6, 6.07) is 0. The fraction of sp³-hybridized carbons (Fsp3) is 0.833. The Hall–Kier alpha value is -0.790. The van der Waals surface area contributed by atoms with E-state index in [4.69, 9.17) is 5.11 Å². The molecule has 2 fully saturated rings. The first kappa shape index (κ1) is 15.6. The van der Waals surface area contributed by atoms with Crippen molar-refractivity contribution in [2.45, 2.75) is 70.6 Å². The summed E-state index contributed by atoms with van der Waals surface area (Å²) >= 11 is 0. The van der Waals surface area contributed by atoms with Gasteiger partial charge in [0.2, 0.25) is 0 Å². The molecule has 2 heteroatoms. The predicted molar refractivity (Wildman–Crippen MR) is 82.6 cm³/mol. The van der Waals surface area contributed by atoms with Gasteiger partial charge in [-0.05, 0) is 69.1 Å². The van der Waals surface area contributed by atoms with Gasteiger partial charge in [0.25, 0.3) is 0 Å². The summed E-state index contributed by atoms with van der Waals surface area (Å²) in [5, 5.41) is 9.07. The zero-order valence-electron chi connectivity index (χ0n) is 12.7. The maximum Gasteiger partial charge on any atom is 0.306 e. The monoisotopic (exact) mass is 278 g/mol. The molecule has 2 nitrogen and oxygen atoms in total. The summed E-state index contributed by atoms with van der Waals surface area (Å²) in [4.78, 5) is 11.0. The smallest absolute Gasteiger partial charge is 0.306 e. The van der Waals surface area contributed by atoms with Crippen molar-refractivity contribution in [1.29, 1.82) is 0 Å². The molecule has 0 aromatic heterocycles. The second-order valence-electron chi connectivity index (χ2n) is 6.95. The first-order valence-electron chi connectivity index (χ1n) is 8.54. The summed E-state index contributed by atoms with van der Waals surface area (Å²) in [6.45, 7) is 3.79. The SMILES string of the molecule is C=CCCCC1CCC(C2CCC(C(=O)O)CC2)CC1. The van der Waals surface area contributed by atoms with Crippen LogP contribution in [-0.2, 0) is 4.79 Å². The van der Waals surface area contributed by atoms with Gasteiger partial charge in [0.1, 0.15) is 0 Å². The molecule has 2 rings (SSSR count). The molecule has 2 saturated carbocycles. The summed E-state index contributed by atoms with van der Waals surface area (Å²) < 4.78 is 0. The van der Waals surface area contributed by atoms with Crippen molar-refractivity contribution in [2.75, 3.05) is 0 Å². The lowest BCUT2D eigenvalue weighted by Crippen LogP contribution is -2.28. The van der Waals surface area contributed by atoms with Gasteiger partial charge in [-0.25, -0.2) is 0 Å². The molecule has 0 amide bonds. The average molecular weight is 278 g/mol. The maximum absolute atomic E-state index is 11.0. The topological polar surface area (TPSA) is 37.3 Å². The summed E-state index contributed by atoms with van der Waals surface area (Å²) in [5.41, 5.74) is 0. The van der Waals surface area contributed by atoms with Crippen molar-refractivity contribution in [3.8, 4) is 0 Å². The van der Waals surface area contributed by atoms with Gasteiger partial charge < -0.3 is 5.11 Å². The zero-order valence-corrected chi connectivity index (χ0v) is 12.7. The van der Waals surface area contributed by atoms with E-state index in [0.717, 1.165) is 43.4 Å². The van der Waals surface area contributed by atoms with E-state index in [2.05, 4.69) is 6.58 Å². The van der Waals surface area contributed by atoms with Crippen LogP contribution >= 0.6 is 0 Å². The molecule has 0 aliphatic heterocycles. The second kappa shape index (κ2) is 7.85. The fourth-order valence-electron chi connectivity index (χ4n) is 4.34. The molecular formula is C18H30O2. The number of unbranched alkanes of at least 4 members (excludes halogenated alkanes) is 1. The van der Waals surface area contributed by atoms with Crippen molar-refractivity contribution >= 4 is 5.97 Å². The van der Waals surface area contributed by atoms with E-state index >= 15 is 0 Å². The first-order chi connectivity index (χ1) is 9.70. The number of carboxylic acids is 1. The molecular weight excluding hydrogens is 248 g/mol. The second-order valence-corrected chi connectivity index (χ2v) is 6.95. The van der Waals surface area contributed by atoms with Gasteiger partial charge in [-0.2, -0.15) is 0 Å². The molecule has 0 unspecified atom stereocenters. The lowest BCUT2D eigenvalue weighted by atomic mass is 9.68. The third-order valence-corrected chi connectivity index (χ3v) is 5.70. The Morgan fingerprint density at radius 1 is 1.00 bits per heavy atom. The summed E-state index contributed by atoms with van der Waals surface area (Å²) in [5.74, 6) is 2.03. The van der Waals surface area contributed by atoms with Crippen LogP contribution in [0.5, 0.6) is 0 Å². The van der Waals surface area contributed by atoms with Crippen LogP contribution in [0.3, 0.4) is 0 Å². The van der Waals surface area contributed by atoms with E-state index in [1.54, 1.807) is 0 Å². The van der Waals surface area contributed by atoms with Crippen LogP contribution in [0.2, 0.25) is 0 Å². The predicted octanol–water partition coefficient (Wildman–Crippen LogP) is 5.04. The molecule has 0 aromatic carbocycles. The Morgan fingerprint density at radius 2 is 1.55 bits per heavy atom. The molecule has 2 aliphatic rings. The van der Waals surface area contributed by atoms with Gasteiger partial charge in [-0.15, -0.1) is 6.58 Å². The van der Waals surface area contributed by atoms with Crippen LogP contribution in [0.1, 0.15) is 70.6 Å². The molecule has 0 atom stereocenters. The Labute approximate surface area is 123 Å². The number of hydrogen-bond acceptors (Lipinski definition) is 1. The first-order valence-corrected chi connectivity index (χ1v) is 8.54. The van der Waals surface area contributed by atoms with Gasteiger partial charge >= 0.3 is 5.97 Å². The van der Waals surface area contributed by atoms with E-state index in [0.29, 0.717) is 0 Å². The van der Waals surface area contributed by atoms with Crippen LogP contribution in [0, 0.1) is 23.7 Å². The molecule has 20 heavy (non-hydrogen) atoms. The van der Waals surface area contributed by atoms with Crippen molar-refractivity contribution < 1.29 is 9.90 Å². The third-order valence-electron chi connectivity index (χ3n) is 5.70. The lowest BCUT2D eigenvalue weighted by Gasteiger charge is -2.37. The Morgan fingerprint density at radius 3 is 2.05 bits per heavy atom. The molecule has 0 spiro atoms. The number of aliphatic carboxylic acids is 1. The molecule has 0 saturated heterocycles. The Balaban J connectivity index is 1.67. The highest BCUT2D eigenvalue weighted by molar-refractivity contribution is 5.69. The standard InChI is InChI=1S/C18H30O2/c1-2-3-4-5-14-6-8-15(9-7-14)16-10-12-17(13-11-16)18(19)20/h2,14-17H,1,3-13H2,(H,19,20). The molecule has 0 aromatic rings. The van der Waals surface area contributed by atoms with Crippen molar-refractivity contribution in [3.05, 3.63) is 12.7 Å². The van der Waals surface area contributed by atoms with Crippen molar-refractivity contribution in [1.82, 2.24) is 0 Å². The van der Waals surface area contributed by atoms with E-state index in [1.165, 1.54) is 44.9 Å². The molecule has 1 N–H and O–H groups in total. The van der Waals surface area contributed by atoms with E-state index in [9.17, 15) is 4.79 Å². The molecule has 0 heterocycles. The molecule has 0 bridgehead atoms. The third kappa shape index (κ3) is 4.36. The zero-order chi connectivity index (χ0) is 14.4. The minimum absolute atomic E-state index is 0.0542. The molecule has 2 aliphatic carbocycles. The van der Waals surface area contributed by atoms with Crippen LogP contribution in [-0.4, -0.2) is 11.1 Å². The Kier molecular flexibility index (Phi) is 6.12. The highest BCUT2D eigenvalue weighted by Crippen LogP contribution is 2.42. The summed E-state index contributed by atoms with van der Waals surface area (Å²) in [7, 11) is 0. The average Bonchev–Trinajstić information content (AvgIpc) is 2.48. The van der Waals surface area contributed by atoms with Gasteiger partial charge in [-0.3, -0.25) is 4.79 Å². The minimum atomic E-state index is -0.575. The van der Waals surface area contributed by atoms with Crippen LogP contribution in [0.4, 0.5) is 0 Å². The number of rotatable bonds is 6. The normalized spacial score (nSPS) is 34.6. The fourth-order valence-corrected chi connectivity index (χ4v) is 4.34. The van der Waals surface area contributed by atoms with Crippen LogP contribution in [0.25, 0.3) is 0 Å². The largest absolute Gasteiger partial charge is 0.481 e. The van der Waals surface area contributed by atoms with Crippen molar-refractivity contribution in [2.24, 2.45) is 23.7 Å².